The van der Waals surface area contributed by atoms with Crippen LogP contribution in [0.25, 0.3) is 0 Å². The van der Waals surface area contributed by atoms with Crippen LogP contribution in [0.2, 0.25) is 0 Å². The van der Waals surface area contributed by atoms with Gasteiger partial charge in [0.25, 0.3) is 5.91 Å². The van der Waals surface area contributed by atoms with Crippen LogP contribution in [0.3, 0.4) is 0 Å². The number of carboxylic acid groups (broad SMARTS) is 1. The molecule has 1 atom stereocenters. The average Bonchev–Trinajstić information content (AvgIpc) is 2.62. The van der Waals surface area contributed by atoms with Crippen molar-refractivity contribution in [2.45, 2.75) is 40.2 Å². The fraction of sp³-hybridized carbons (Fsp3) is 0.556. The Morgan fingerprint density at radius 3 is 2.38 bits per heavy atom. The predicted molar refractivity (Wildman–Crippen MR) is 99.2 cm³/mol. The lowest BCUT2D eigenvalue weighted by Gasteiger charge is -2.27. The number of amides is 2. The van der Waals surface area contributed by atoms with Crippen molar-refractivity contribution in [1.29, 1.82) is 0 Å². The van der Waals surface area contributed by atoms with Gasteiger partial charge in [-0.15, -0.1) is 0 Å². The summed E-state index contributed by atoms with van der Waals surface area (Å²) in [6, 6.07) is 2.41. The quantitative estimate of drug-likeness (QED) is 0.650. The SMILES string of the molecule is CCCN(CC)c1ccc(C(=O)N(CCNC(C)=O)C(C)C(=O)O)cn1. The van der Waals surface area contributed by atoms with Crippen LogP contribution in [0.5, 0.6) is 0 Å². The molecule has 1 rings (SSSR count). The molecule has 0 bridgehead atoms. The van der Waals surface area contributed by atoms with Crippen LogP contribution in [-0.2, 0) is 9.59 Å². The highest BCUT2D eigenvalue weighted by Crippen LogP contribution is 2.14. The minimum atomic E-state index is -1.11. The van der Waals surface area contributed by atoms with E-state index in [1.54, 1.807) is 12.1 Å². The number of hydrogen-bond donors (Lipinski definition) is 2. The number of nitrogens with zero attached hydrogens (tertiary/aromatic N) is 3. The molecule has 26 heavy (non-hydrogen) atoms. The van der Waals surface area contributed by atoms with E-state index in [-0.39, 0.29) is 19.0 Å². The first-order valence-corrected chi connectivity index (χ1v) is 8.81. The normalized spacial score (nSPS) is 11.5. The number of aromatic nitrogens is 1. The summed E-state index contributed by atoms with van der Waals surface area (Å²) in [4.78, 5) is 42.7. The van der Waals surface area contributed by atoms with Crippen LogP contribution in [0.15, 0.2) is 18.3 Å². The first-order chi connectivity index (χ1) is 12.3. The number of carbonyl (C=O) groups is 3. The molecule has 0 saturated heterocycles. The Morgan fingerprint density at radius 2 is 1.92 bits per heavy atom. The standard InChI is InChI=1S/C18H28N4O4/c1-5-10-21(6-2)16-8-7-15(12-20-16)17(24)22(13(3)18(25)26)11-9-19-14(4)23/h7-8,12-13H,5-6,9-11H2,1-4H3,(H,19,23)(H,25,26). The van der Waals surface area contributed by atoms with Crippen LogP contribution in [0.4, 0.5) is 5.82 Å². The zero-order valence-electron chi connectivity index (χ0n) is 15.9. The molecule has 0 radical (unpaired) electrons. The second-order valence-electron chi connectivity index (χ2n) is 5.98. The number of pyridine rings is 1. The minimum absolute atomic E-state index is 0.102. The molecule has 1 unspecified atom stereocenters. The maximum Gasteiger partial charge on any atom is 0.326 e. The number of rotatable bonds is 10. The van der Waals surface area contributed by atoms with Crippen LogP contribution >= 0.6 is 0 Å². The molecule has 0 aromatic carbocycles. The van der Waals surface area contributed by atoms with Gasteiger partial charge in [-0.05, 0) is 32.4 Å². The van der Waals surface area contributed by atoms with Gasteiger partial charge in [0.2, 0.25) is 5.91 Å². The van der Waals surface area contributed by atoms with Gasteiger partial charge in [-0.25, -0.2) is 9.78 Å². The van der Waals surface area contributed by atoms with Crippen LogP contribution < -0.4 is 10.2 Å². The van der Waals surface area contributed by atoms with E-state index in [9.17, 15) is 19.5 Å². The van der Waals surface area contributed by atoms with Crippen molar-refractivity contribution in [1.82, 2.24) is 15.2 Å². The van der Waals surface area contributed by atoms with Crippen LogP contribution in [-0.4, -0.2) is 65.0 Å². The smallest absolute Gasteiger partial charge is 0.326 e. The summed E-state index contributed by atoms with van der Waals surface area (Å²) in [5, 5.41) is 11.8. The highest BCUT2D eigenvalue weighted by Gasteiger charge is 2.26. The van der Waals surface area contributed by atoms with E-state index < -0.39 is 17.9 Å². The molecule has 0 aliphatic carbocycles. The van der Waals surface area contributed by atoms with Crippen molar-refractivity contribution in [3.8, 4) is 0 Å². The van der Waals surface area contributed by atoms with Crippen LogP contribution in [0.1, 0.15) is 44.5 Å². The number of carboxylic acids is 1. The summed E-state index contributed by atoms with van der Waals surface area (Å²) in [6.07, 6.45) is 2.46. The molecule has 0 aliphatic heterocycles. The Kier molecular flexibility index (Phi) is 8.54. The summed E-state index contributed by atoms with van der Waals surface area (Å²) in [5.41, 5.74) is 0.317. The van der Waals surface area contributed by atoms with Gasteiger partial charge in [-0.2, -0.15) is 0 Å². The molecule has 0 aliphatic rings. The van der Waals surface area contributed by atoms with E-state index in [0.29, 0.717) is 5.56 Å². The van der Waals surface area contributed by atoms with Gasteiger partial charge < -0.3 is 20.2 Å². The first-order valence-electron chi connectivity index (χ1n) is 8.81. The topological polar surface area (TPSA) is 103 Å². The Morgan fingerprint density at radius 1 is 1.23 bits per heavy atom. The second kappa shape index (κ2) is 10.4. The molecule has 144 valence electrons. The Labute approximate surface area is 154 Å². The Hall–Kier alpha value is -2.64. The fourth-order valence-electron chi connectivity index (χ4n) is 2.53. The zero-order chi connectivity index (χ0) is 19.7. The van der Waals surface area contributed by atoms with Crippen molar-refractivity contribution in [2.75, 3.05) is 31.1 Å². The highest BCUT2D eigenvalue weighted by molar-refractivity contribution is 5.96. The van der Waals surface area contributed by atoms with Gasteiger partial charge in [0, 0.05) is 39.3 Å². The van der Waals surface area contributed by atoms with Crippen molar-refractivity contribution in [3.05, 3.63) is 23.9 Å². The van der Waals surface area contributed by atoms with Gasteiger partial charge in [-0.3, -0.25) is 9.59 Å². The maximum atomic E-state index is 12.7. The third kappa shape index (κ3) is 6.02. The van der Waals surface area contributed by atoms with E-state index in [0.717, 1.165) is 25.3 Å². The number of anilines is 1. The van der Waals surface area contributed by atoms with Gasteiger partial charge in [0.15, 0.2) is 0 Å². The number of carbonyl (C=O) groups excluding carboxylic acids is 2. The Balaban J connectivity index is 2.95. The average molecular weight is 364 g/mol. The predicted octanol–water partition coefficient (Wildman–Crippen LogP) is 1.37. The molecule has 0 spiro atoms. The molecule has 1 heterocycles. The van der Waals surface area contributed by atoms with Crippen molar-refractivity contribution < 1.29 is 19.5 Å². The number of nitrogens with one attached hydrogen (secondary N) is 1. The largest absolute Gasteiger partial charge is 0.480 e. The lowest BCUT2D eigenvalue weighted by molar-refractivity contribution is -0.141. The lowest BCUT2D eigenvalue weighted by Crippen LogP contribution is -2.46. The minimum Gasteiger partial charge on any atom is -0.480 e. The molecule has 0 saturated carbocycles. The van der Waals surface area contributed by atoms with Crippen molar-refractivity contribution in [2.24, 2.45) is 0 Å². The van der Waals surface area contributed by atoms with E-state index in [1.807, 2.05) is 6.92 Å². The lowest BCUT2D eigenvalue weighted by atomic mass is 10.2. The van der Waals surface area contributed by atoms with E-state index in [2.05, 4.69) is 22.1 Å². The summed E-state index contributed by atoms with van der Waals surface area (Å²) < 4.78 is 0. The van der Waals surface area contributed by atoms with E-state index >= 15 is 0 Å². The van der Waals surface area contributed by atoms with Gasteiger partial charge in [0.05, 0.1) is 5.56 Å². The van der Waals surface area contributed by atoms with Gasteiger partial charge >= 0.3 is 5.97 Å². The molecular weight excluding hydrogens is 336 g/mol. The monoisotopic (exact) mass is 364 g/mol. The summed E-state index contributed by atoms with van der Waals surface area (Å²) in [7, 11) is 0. The van der Waals surface area contributed by atoms with Crippen LogP contribution in [0, 0.1) is 0 Å². The second-order valence-corrected chi connectivity index (χ2v) is 5.98. The molecule has 1 aromatic heterocycles. The fourth-order valence-corrected chi connectivity index (χ4v) is 2.53. The van der Waals surface area contributed by atoms with Gasteiger partial charge in [-0.1, -0.05) is 6.92 Å². The van der Waals surface area contributed by atoms with E-state index in [4.69, 9.17) is 0 Å². The van der Waals surface area contributed by atoms with E-state index in [1.165, 1.54) is 24.9 Å². The zero-order valence-corrected chi connectivity index (χ0v) is 15.9. The first kappa shape index (κ1) is 21.4. The number of hydrogen-bond acceptors (Lipinski definition) is 5. The summed E-state index contributed by atoms with van der Waals surface area (Å²) in [5.74, 6) is -0.988. The molecule has 8 heteroatoms. The molecule has 8 nitrogen and oxygen atoms in total. The molecule has 0 fully saturated rings. The molecule has 2 amide bonds. The Bertz CT molecular complexity index is 618. The molecular formula is C18H28N4O4. The number of aliphatic carboxylic acids is 1. The third-order valence-corrected chi connectivity index (χ3v) is 4.01. The summed E-state index contributed by atoms with van der Waals surface area (Å²) >= 11 is 0. The summed E-state index contributed by atoms with van der Waals surface area (Å²) in [6.45, 7) is 8.90. The third-order valence-electron chi connectivity index (χ3n) is 4.01. The maximum absolute atomic E-state index is 12.7. The molecule has 1 aromatic rings. The van der Waals surface area contributed by atoms with Crippen molar-refractivity contribution in [3.63, 3.8) is 0 Å². The van der Waals surface area contributed by atoms with Gasteiger partial charge in [0.1, 0.15) is 11.9 Å². The molecule has 2 N–H and O–H groups in total. The van der Waals surface area contributed by atoms with Crippen molar-refractivity contribution >= 4 is 23.6 Å². The highest BCUT2D eigenvalue weighted by atomic mass is 16.4.